The van der Waals surface area contributed by atoms with Gasteiger partial charge in [-0.05, 0) is 68.5 Å². The van der Waals surface area contributed by atoms with Gasteiger partial charge in [-0.2, -0.15) is 13.2 Å². The first-order chi connectivity index (χ1) is 17.2. The van der Waals surface area contributed by atoms with Crippen LogP contribution in [0.15, 0.2) is 54.6 Å². The van der Waals surface area contributed by atoms with E-state index in [0.717, 1.165) is 36.6 Å². The fourth-order valence-electron chi connectivity index (χ4n) is 4.56. The maximum atomic E-state index is 13.1. The SMILES string of the molecule is CCOC(=O)C=Cc1ccccc1[C@@H](C)OC[C@H](O)CN1CCC[C@H]1Cc1cccc(C(F)(F)F)c1. The summed E-state index contributed by atoms with van der Waals surface area (Å²) in [4.78, 5) is 13.8. The largest absolute Gasteiger partial charge is 0.463 e. The topological polar surface area (TPSA) is 59.0 Å². The number of hydrogen-bond acceptors (Lipinski definition) is 5. The van der Waals surface area contributed by atoms with Crippen LogP contribution in [-0.2, 0) is 26.9 Å². The second kappa shape index (κ2) is 13.0. The van der Waals surface area contributed by atoms with Crippen LogP contribution in [0.3, 0.4) is 0 Å². The van der Waals surface area contributed by atoms with Crippen molar-refractivity contribution in [3.63, 3.8) is 0 Å². The number of nitrogens with zero attached hydrogens (tertiary/aromatic N) is 1. The Morgan fingerprint density at radius 2 is 2.00 bits per heavy atom. The van der Waals surface area contributed by atoms with Crippen molar-refractivity contribution >= 4 is 12.0 Å². The molecule has 5 nitrogen and oxygen atoms in total. The first-order valence-corrected chi connectivity index (χ1v) is 12.3. The molecule has 3 rings (SSSR count). The van der Waals surface area contributed by atoms with Gasteiger partial charge in [-0.3, -0.25) is 4.90 Å². The highest BCUT2D eigenvalue weighted by molar-refractivity contribution is 5.87. The molecule has 1 saturated heterocycles. The van der Waals surface area contributed by atoms with E-state index in [0.29, 0.717) is 25.1 Å². The lowest BCUT2D eigenvalue weighted by atomic mass is 10.0. The Balaban J connectivity index is 1.54. The van der Waals surface area contributed by atoms with Crippen molar-refractivity contribution in [1.29, 1.82) is 0 Å². The number of likely N-dealkylation sites (tertiary alicyclic amines) is 1. The Kier molecular flexibility index (Phi) is 10.1. The molecule has 1 aliphatic rings. The zero-order chi connectivity index (χ0) is 26.1. The normalized spacial score (nSPS) is 18.4. The number of ether oxygens (including phenoxy) is 2. The van der Waals surface area contributed by atoms with Crippen LogP contribution in [0, 0.1) is 0 Å². The summed E-state index contributed by atoms with van der Waals surface area (Å²) in [6.07, 6.45) is -0.0296. The number of carbonyl (C=O) groups excluding carboxylic acids is 1. The number of aliphatic hydroxyl groups is 1. The van der Waals surface area contributed by atoms with Gasteiger partial charge in [0, 0.05) is 18.7 Å². The molecule has 1 aliphatic heterocycles. The summed E-state index contributed by atoms with van der Waals surface area (Å²) in [6.45, 7) is 5.23. The van der Waals surface area contributed by atoms with Gasteiger partial charge in [0.15, 0.2) is 0 Å². The fraction of sp³-hybridized carbons (Fsp3) is 0.464. The van der Waals surface area contributed by atoms with Crippen molar-refractivity contribution in [3.05, 3.63) is 76.9 Å². The summed E-state index contributed by atoms with van der Waals surface area (Å²) >= 11 is 0. The summed E-state index contributed by atoms with van der Waals surface area (Å²) in [7, 11) is 0. The van der Waals surface area contributed by atoms with E-state index in [-0.39, 0.29) is 18.8 Å². The van der Waals surface area contributed by atoms with Crippen LogP contribution < -0.4 is 0 Å². The lowest BCUT2D eigenvalue weighted by molar-refractivity contribution is -0.138. The van der Waals surface area contributed by atoms with Crippen LogP contribution in [0.2, 0.25) is 0 Å². The molecule has 0 spiro atoms. The molecule has 2 aromatic carbocycles. The fourth-order valence-corrected chi connectivity index (χ4v) is 4.56. The molecule has 1 N–H and O–H groups in total. The Morgan fingerprint density at radius 1 is 1.22 bits per heavy atom. The van der Waals surface area contributed by atoms with E-state index in [2.05, 4.69) is 4.90 Å². The number of hydrogen-bond donors (Lipinski definition) is 1. The van der Waals surface area contributed by atoms with Gasteiger partial charge < -0.3 is 14.6 Å². The van der Waals surface area contributed by atoms with Crippen LogP contribution >= 0.6 is 0 Å². The van der Waals surface area contributed by atoms with Gasteiger partial charge in [-0.25, -0.2) is 4.79 Å². The molecular weight excluding hydrogens is 471 g/mol. The minimum Gasteiger partial charge on any atom is -0.463 e. The van der Waals surface area contributed by atoms with Crippen molar-refractivity contribution < 1.29 is 32.5 Å². The summed E-state index contributed by atoms with van der Waals surface area (Å²) < 4.78 is 50.0. The molecule has 8 heteroatoms. The van der Waals surface area contributed by atoms with Gasteiger partial charge in [0.1, 0.15) is 0 Å². The third-order valence-electron chi connectivity index (χ3n) is 6.33. The summed E-state index contributed by atoms with van der Waals surface area (Å²) in [5.74, 6) is -0.415. The van der Waals surface area contributed by atoms with E-state index in [1.807, 2.05) is 31.2 Å². The number of β-amino-alcohol motifs (C(OH)–C–C–N with tert-alkyl or cyclic N) is 1. The van der Waals surface area contributed by atoms with Crippen LogP contribution in [0.5, 0.6) is 0 Å². The molecule has 0 unspecified atom stereocenters. The van der Waals surface area contributed by atoms with E-state index in [9.17, 15) is 23.1 Å². The average molecular weight is 506 g/mol. The monoisotopic (exact) mass is 505 g/mol. The maximum Gasteiger partial charge on any atom is 0.416 e. The highest BCUT2D eigenvalue weighted by Gasteiger charge is 2.31. The summed E-state index contributed by atoms with van der Waals surface area (Å²) in [5.41, 5.74) is 1.72. The molecule has 2 aromatic rings. The van der Waals surface area contributed by atoms with Crippen molar-refractivity contribution in [1.82, 2.24) is 4.90 Å². The quantitative estimate of drug-likeness (QED) is 0.326. The molecule has 0 saturated carbocycles. The lowest BCUT2D eigenvalue weighted by Crippen LogP contribution is -2.39. The predicted molar refractivity (Wildman–Crippen MR) is 132 cm³/mol. The minimum atomic E-state index is -4.36. The number of aliphatic hydroxyl groups excluding tert-OH is 1. The number of halogens is 3. The van der Waals surface area contributed by atoms with Crippen LogP contribution in [0.25, 0.3) is 6.08 Å². The highest BCUT2D eigenvalue weighted by atomic mass is 19.4. The molecule has 0 radical (unpaired) electrons. The molecular formula is C28H34F3NO4. The second-order valence-electron chi connectivity index (χ2n) is 9.04. The van der Waals surface area contributed by atoms with E-state index in [1.54, 1.807) is 19.1 Å². The number of esters is 1. The first kappa shape index (κ1) is 27.9. The smallest absolute Gasteiger partial charge is 0.416 e. The number of alkyl halides is 3. The Labute approximate surface area is 210 Å². The van der Waals surface area contributed by atoms with E-state index in [4.69, 9.17) is 9.47 Å². The Bertz CT molecular complexity index is 1020. The average Bonchev–Trinajstić information content (AvgIpc) is 3.27. The molecule has 0 amide bonds. The van der Waals surface area contributed by atoms with Crippen molar-refractivity contribution in [2.24, 2.45) is 0 Å². The van der Waals surface area contributed by atoms with Gasteiger partial charge in [0.25, 0.3) is 0 Å². The molecule has 196 valence electrons. The number of rotatable bonds is 11. The van der Waals surface area contributed by atoms with E-state index in [1.165, 1.54) is 18.2 Å². The molecule has 1 fully saturated rings. The molecule has 0 aliphatic carbocycles. The van der Waals surface area contributed by atoms with Gasteiger partial charge >= 0.3 is 12.1 Å². The number of benzene rings is 2. The van der Waals surface area contributed by atoms with Crippen molar-refractivity contribution in [2.45, 2.75) is 57.5 Å². The number of carbonyl (C=O) groups is 1. The third kappa shape index (κ3) is 8.18. The molecule has 0 aromatic heterocycles. The van der Waals surface area contributed by atoms with Gasteiger partial charge in [-0.15, -0.1) is 0 Å². The summed E-state index contributed by atoms with van der Waals surface area (Å²) in [5, 5.41) is 10.7. The highest BCUT2D eigenvalue weighted by Crippen LogP contribution is 2.31. The van der Waals surface area contributed by atoms with Gasteiger partial charge in [0.2, 0.25) is 0 Å². The van der Waals surface area contributed by atoms with Crippen molar-refractivity contribution in [2.75, 3.05) is 26.3 Å². The van der Waals surface area contributed by atoms with Gasteiger partial charge in [0.05, 0.1) is 31.0 Å². The van der Waals surface area contributed by atoms with Crippen LogP contribution in [0.1, 0.15) is 55.0 Å². The Hall–Kier alpha value is -2.68. The maximum absolute atomic E-state index is 13.1. The zero-order valence-electron chi connectivity index (χ0n) is 20.7. The lowest BCUT2D eigenvalue weighted by Gasteiger charge is -2.28. The van der Waals surface area contributed by atoms with Crippen LogP contribution in [0.4, 0.5) is 13.2 Å². The first-order valence-electron chi connectivity index (χ1n) is 12.3. The standard InChI is InChI=1S/C28H34F3NO4/c1-3-35-27(34)14-13-22-9-4-5-12-26(22)20(2)36-19-25(33)18-32-15-7-11-24(32)17-21-8-6-10-23(16-21)28(29,30)31/h4-6,8-10,12-14,16,20,24-25,33H,3,7,11,15,17-19H2,1-2H3/t20-,24+,25-/m1/s1. The molecule has 36 heavy (non-hydrogen) atoms. The van der Waals surface area contributed by atoms with E-state index >= 15 is 0 Å². The van der Waals surface area contributed by atoms with Gasteiger partial charge in [-0.1, -0.05) is 42.5 Å². The second-order valence-corrected chi connectivity index (χ2v) is 9.04. The Morgan fingerprint density at radius 3 is 2.75 bits per heavy atom. The molecule has 1 heterocycles. The third-order valence-corrected chi connectivity index (χ3v) is 6.33. The van der Waals surface area contributed by atoms with E-state index < -0.39 is 23.8 Å². The predicted octanol–water partition coefficient (Wildman–Crippen LogP) is 5.43. The van der Waals surface area contributed by atoms with Crippen molar-refractivity contribution in [3.8, 4) is 0 Å². The zero-order valence-corrected chi connectivity index (χ0v) is 20.7. The van der Waals surface area contributed by atoms with Crippen LogP contribution in [-0.4, -0.2) is 54.4 Å². The molecule has 3 atom stereocenters. The summed E-state index contributed by atoms with van der Waals surface area (Å²) in [6, 6.07) is 13.1. The molecule has 0 bridgehead atoms. The minimum absolute atomic E-state index is 0.0781.